The lowest BCUT2D eigenvalue weighted by Crippen LogP contribution is -2.25. The van der Waals surface area contributed by atoms with Gasteiger partial charge in [0.05, 0.1) is 10.0 Å². The van der Waals surface area contributed by atoms with Crippen molar-refractivity contribution in [2.24, 2.45) is 0 Å². The van der Waals surface area contributed by atoms with Crippen molar-refractivity contribution in [2.75, 3.05) is 6.54 Å². The summed E-state index contributed by atoms with van der Waals surface area (Å²) in [5, 5.41) is 4.84. The topological polar surface area (TPSA) is 42.2 Å². The third-order valence-corrected chi connectivity index (χ3v) is 4.64. The van der Waals surface area contributed by atoms with Crippen molar-refractivity contribution in [1.29, 1.82) is 0 Å². The number of fused-ring (bicyclic) bond motifs is 1. The smallest absolute Gasteiger partial charge is 0.287 e. The van der Waals surface area contributed by atoms with Gasteiger partial charge in [-0.15, -0.1) is 0 Å². The van der Waals surface area contributed by atoms with Crippen LogP contribution in [0.1, 0.15) is 28.6 Å². The Labute approximate surface area is 150 Å². The van der Waals surface area contributed by atoms with Gasteiger partial charge in [-0.3, -0.25) is 4.79 Å². The van der Waals surface area contributed by atoms with E-state index in [1.165, 1.54) is 5.56 Å². The molecule has 0 unspecified atom stereocenters. The summed E-state index contributed by atoms with van der Waals surface area (Å²) in [6.07, 6.45) is 1.60. The number of carbonyl (C=O) groups excluding carboxylic acids is 1. The number of hydrogen-bond acceptors (Lipinski definition) is 2. The van der Waals surface area contributed by atoms with Gasteiger partial charge in [0.25, 0.3) is 5.91 Å². The summed E-state index contributed by atoms with van der Waals surface area (Å²) in [5.74, 6) is 0.108. The highest BCUT2D eigenvalue weighted by atomic mass is 35.5. The van der Waals surface area contributed by atoms with E-state index < -0.39 is 0 Å². The molecule has 1 amide bonds. The van der Waals surface area contributed by atoms with Gasteiger partial charge < -0.3 is 9.73 Å². The molecule has 0 aliphatic heterocycles. The number of aryl methyl sites for hydroxylation is 1. The van der Waals surface area contributed by atoms with Crippen LogP contribution in [0.15, 0.2) is 46.9 Å². The molecule has 0 aliphatic rings. The fraction of sp³-hybridized carbons (Fsp3) is 0.211. The Kier molecular flexibility index (Phi) is 5.12. The summed E-state index contributed by atoms with van der Waals surface area (Å²) in [6, 6.07) is 13.2. The largest absolute Gasteiger partial charge is 0.451 e. The first-order valence-electron chi connectivity index (χ1n) is 7.81. The zero-order valence-electron chi connectivity index (χ0n) is 13.2. The summed E-state index contributed by atoms with van der Waals surface area (Å²) in [4.78, 5) is 12.2. The summed E-state index contributed by atoms with van der Waals surface area (Å²) < 4.78 is 5.66. The van der Waals surface area contributed by atoms with Gasteiger partial charge in [-0.05, 0) is 48.2 Å². The zero-order valence-corrected chi connectivity index (χ0v) is 14.7. The first-order chi connectivity index (χ1) is 11.6. The van der Waals surface area contributed by atoms with E-state index in [0.29, 0.717) is 28.8 Å². The molecule has 0 atom stereocenters. The standard InChI is InChI=1S/C19H17Cl2NO2/c1-2-12-3-5-14-11-18(24-17(14)10-12)19(23)22-8-7-13-4-6-15(20)16(21)9-13/h3-6,9-11H,2,7-8H2,1H3,(H,22,23). The molecule has 0 aliphatic carbocycles. The molecule has 0 spiro atoms. The molecule has 0 bridgehead atoms. The van der Waals surface area contributed by atoms with Crippen molar-refractivity contribution in [2.45, 2.75) is 19.8 Å². The van der Waals surface area contributed by atoms with Crippen LogP contribution in [0.3, 0.4) is 0 Å². The molecule has 5 heteroatoms. The van der Waals surface area contributed by atoms with Crippen molar-refractivity contribution in [1.82, 2.24) is 5.32 Å². The van der Waals surface area contributed by atoms with E-state index in [1.807, 2.05) is 30.3 Å². The van der Waals surface area contributed by atoms with E-state index in [0.717, 1.165) is 23.0 Å². The van der Waals surface area contributed by atoms with Crippen molar-refractivity contribution < 1.29 is 9.21 Å². The maximum Gasteiger partial charge on any atom is 0.287 e. The number of nitrogens with one attached hydrogen (secondary N) is 1. The number of rotatable bonds is 5. The Balaban J connectivity index is 1.63. The number of carbonyl (C=O) groups is 1. The summed E-state index contributed by atoms with van der Waals surface area (Å²) in [6.45, 7) is 2.58. The third kappa shape index (κ3) is 3.74. The Morgan fingerprint density at radius 1 is 1.04 bits per heavy atom. The highest BCUT2D eigenvalue weighted by molar-refractivity contribution is 6.42. The lowest BCUT2D eigenvalue weighted by atomic mass is 10.1. The van der Waals surface area contributed by atoms with Crippen LogP contribution in [0.5, 0.6) is 0 Å². The molecule has 0 radical (unpaired) electrons. The van der Waals surface area contributed by atoms with Crippen LogP contribution >= 0.6 is 23.2 Å². The van der Waals surface area contributed by atoms with Gasteiger partial charge in [-0.2, -0.15) is 0 Å². The van der Waals surface area contributed by atoms with E-state index in [2.05, 4.69) is 12.2 Å². The van der Waals surface area contributed by atoms with Crippen LogP contribution in [-0.4, -0.2) is 12.5 Å². The fourth-order valence-electron chi connectivity index (χ4n) is 2.51. The van der Waals surface area contributed by atoms with Gasteiger partial charge in [0.15, 0.2) is 5.76 Å². The Morgan fingerprint density at radius 2 is 1.83 bits per heavy atom. The van der Waals surface area contributed by atoms with E-state index in [-0.39, 0.29) is 5.91 Å². The second-order valence-corrected chi connectivity index (χ2v) is 6.41. The minimum atomic E-state index is -0.218. The minimum Gasteiger partial charge on any atom is -0.451 e. The molecular weight excluding hydrogens is 345 g/mol. The maximum atomic E-state index is 12.2. The summed E-state index contributed by atoms with van der Waals surface area (Å²) in [5.41, 5.74) is 2.94. The Hall–Kier alpha value is -1.97. The number of hydrogen-bond donors (Lipinski definition) is 1. The zero-order chi connectivity index (χ0) is 17.1. The second kappa shape index (κ2) is 7.29. The molecule has 2 aromatic carbocycles. The summed E-state index contributed by atoms with van der Waals surface area (Å²) in [7, 11) is 0. The molecule has 0 saturated heterocycles. The predicted octanol–water partition coefficient (Wildman–Crippen LogP) is 5.27. The first kappa shape index (κ1) is 16.9. The first-order valence-corrected chi connectivity index (χ1v) is 8.57. The molecule has 24 heavy (non-hydrogen) atoms. The monoisotopic (exact) mass is 361 g/mol. The Bertz CT molecular complexity index is 886. The van der Waals surface area contributed by atoms with E-state index >= 15 is 0 Å². The fourth-order valence-corrected chi connectivity index (χ4v) is 2.83. The van der Waals surface area contributed by atoms with Crippen LogP contribution < -0.4 is 5.32 Å². The highest BCUT2D eigenvalue weighted by Gasteiger charge is 2.12. The SMILES string of the molecule is CCc1ccc2cc(C(=O)NCCc3ccc(Cl)c(Cl)c3)oc2c1. The second-order valence-electron chi connectivity index (χ2n) is 5.59. The molecule has 1 N–H and O–H groups in total. The molecule has 0 saturated carbocycles. The van der Waals surface area contributed by atoms with Crippen molar-refractivity contribution >= 4 is 40.1 Å². The maximum absolute atomic E-state index is 12.2. The Morgan fingerprint density at radius 3 is 2.58 bits per heavy atom. The van der Waals surface area contributed by atoms with Crippen LogP contribution in [0.25, 0.3) is 11.0 Å². The number of benzene rings is 2. The van der Waals surface area contributed by atoms with Gasteiger partial charge in [-0.1, -0.05) is 48.3 Å². The number of furan rings is 1. The molecule has 124 valence electrons. The lowest BCUT2D eigenvalue weighted by molar-refractivity contribution is 0.0928. The van der Waals surface area contributed by atoms with Crippen molar-refractivity contribution in [3.8, 4) is 0 Å². The van der Waals surface area contributed by atoms with E-state index in [1.54, 1.807) is 12.1 Å². The molecular formula is C19H17Cl2NO2. The molecule has 1 aromatic heterocycles. The molecule has 0 fully saturated rings. The predicted molar refractivity (Wildman–Crippen MR) is 98.1 cm³/mol. The summed E-state index contributed by atoms with van der Waals surface area (Å²) >= 11 is 11.9. The average Bonchev–Trinajstić information content (AvgIpc) is 3.01. The average molecular weight is 362 g/mol. The quantitative estimate of drug-likeness (QED) is 0.671. The molecule has 3 aromatic rings. The van der Waals surface area contributed by atoms with E-state index in [4.69, 9.17) is 27.6 Å². The molecule has 3 rings (SSSR count). The number of amides is 1. The van der Waals surface area contributed by atoms with Crippen LogP contribution in [-0.2, 0) is 12.8 Å². The van der Waals surface area contributed by atoms with Gasteiger partial charge in [0.2, 0.25) is 0 Å². The van der Waals surface area contributed by atoms with Crippen LogP contribution in [0, 0.1) is 0 Å². The van der Waals surface area contributed by atoms with Crippen molar-refractivity contribution in [3.63, 3.8) is 0 Å². The molecule has 1 heterocycles. The van der Waals surface area contributed by atoms with Crippen molar-refractivity contribution in [3.05, 3.63) is 69.4 Å². The van der Waals surface area contributed by atoms with Crippen LogP contribution in [0.4, 0.5) is 0 Å². The van der Waals surface area contributed by atoms with Crippen LogP contribution in [0.2, 0.25) is 10.0 Å². The van der Waals surface area contributed by atoms with Gasteiger partial charge in [-0.25, -0.2) is 0 Å². The normalized spacial score (nSPS) is 11.0. The van der Waals surface area contributed by atoms with Gasteiger partial charge in [0, 0.05) is 11.9 Å². The highest BCUT2D eigenvalue weighted by Crippen LogP contribution is 2.23. The molecule has 3 nitrogen and oxygen atoms in total. The number of halogens is 2. The lowest BCUT2D eigenvalue weighted by Gasteiger charge is -2.04. The third-order valence-electron chi connectivity index (χ3n) is 3.90. The van der Waals surface area contributed by atoms with Gasteiger partial charge >= 0.3 is 0 Å². The van der Waals surface area contributed by atoms with E-state index in [9.17, 15) is 4.79 Å². The minimum absolute atomic E-state index is 0.218. The van der Waals surface area contributed by atoms with Gasteiger partial charge in [0.1, 0.15) is 5.58 Å².